The molecule has 5 aromatic rings. The first-order valence-corrected chi connectivity index (χ1v) is 9.09. The Bertz CT molecular complexity index is 1200. The Balaban J connectivity index is 1.79. The highest BCUT2D eigenvalue weighted by Crippen LogP contribution is 2.33. The highest BCUT2D eigenvalue weighted by molar-refractivity contribution is 5.96. The van der Waals surface area contributed by atoms with Gasteiger partial charge >= 0.3 is 0 Å². The first-order chi connectivity index (χ1) is 13.4. The Morgan fingerprint density at radius 3 is 2.07 bits per heavy atom. The van der Waals surface area contributed by atoms with Crippen LogP contribution in [0.15, 0.2) is 109 Å². The maximum atomic E-state index is 4.95. The Kier molecular flexibility index (Phi) is 3.80. The minimum Gasteiger partial charge on any atom is -0.232 e. The molecule has 1 aromatic heterocycles. The van der Waals surface area contributed by atoms with E-state index >= 15 is 0 Å². The molecule has 4 aromatic carbocycles. The molecule has 0 bridgehead atoms. The average Bonchev–Trinajstić information content (AvgIpc) is 3.20. The molecule has 0 radical (unpaired) electrons. The van der Waals surface area contributed by atoms with Gasteiger partial charge in [-0.3, -0.25) is 0 Å². The summed E-state index contributed by atoms with van der Waals surface area (Å²) >= 11 is 0. The van der Waals surface area contributed by atoms with Crippen molar-refractivity contribution in [1.29, 1.82) is 0 Å². The first kappa shape index (κ1) is 15.6. The minimum absolute atomic E-state index is 0.974. The maximum absolute atomic E-state index is 4.95. The van der Waals surface area contributed by atoms with Gasteiger partial charge in [-0.25, -0.2) is 4.68 Å². The summed E-state index contributed by atoms with van der Waals surface area (Å²) in [7, 11) is 0. The van der Waals surface area contributed by atoms with Crippen LogP contribution in [0.1, 0.15) is 0 Å². The number of nitrogens with zero attached hydrogens (tertiary/aromatic N) is 2. The van der Waals surface area contributed by atoms with Crippen molar-refractivity contribution in [2.24, 2.45) is 0 Å². The van der Waals surface area contributed by atoms with Gasteiger partial charge in [0.25, 0.3) is 0 Å². The summed E-state index contributed by atoms with van der Waals surface area (Å²) in [6, 6.07) is 37.8. The van der Waals surface area contributed by atoms with Crippen LogP contribution in [-0.2, 0) is 0 Å². The van der Waals surface area contributed by atoms with Gasteiger partial charge in [-0.1, -0.05) is 91.0 Å². The van der Waals surface area contributed by atoms with Gasteiger partial charge < -0.3 is 0 Å². The number of hydrogen-bond acceptors (Lipinski definition) is 1. The van der Waals surface area contributed by atoms with Crippen LogP contribution >= 0.6 is 0 Å². The van der Waals surface area contributed by atoms with E-state index < -0.39 is 0 Å². The van der Waals surface area contributed by atoms with E-state index in [2.05, 4.69) is 84.9 Å². The number of aromatic nitrogens is 2. The van der Waals surface area contributed by atoms with Gasteiger partial charge in [-0.05, 0) is 29.0 Å². The molecule has 2 heteroatoms. The number of para-hydroxylation sites is 1. The molecule has 2 nitrogen and oxygen atoms in total. The lowest BCUT2D eigenvalue weighted by atomic mass is 10.0. The third-order valence-electron chi connectivity index (χ3n) is 4.85. The van der Waals surface area contributed by atoms with Crippen molar-refractivity contribution in [2.45, 2.75) is 0 Å². The lowest BCUT2D eigenvalue weighted by Crippen LogP contribution is -1.99. The second kappa shape index (κ2) is 6.58. The molecule has 0 fully saturated rings. The molecule has 0 aliphatic rings. The molecule has 0 saturated heterocycles. The summed E-state index contributed by atoms with van der Waals surface area (Å²) in [5.41, 5.74) is 5.43. The molecule has 5 rings (SSSR count). The molecule has 27 heavy (non-hydrogen) atoms. The molecule has 0 unspecified atom stereocenters. The van der Waals surface area contributed by atoms with Crippen molar-refractivity contribution in [3.05, 3.63) is 109 Å². The highest BCUT2D eigenvalue weighted by atomic mass is 15.3. The van der Waals surface area contributed by atoms with Crippen LogP contribution in [0.2, 0.25) is 0 Å². The zero-order chi connectivity index (χ0) is 18.1. The predicted molar refractivity (Wildman–Crippen MR) is 112 cm³/mol. The molecule has 0 atom stereocenters. The van der Waals surface area contributed by atoms with Gasteiger partial charge in [0, 0.05) is 11.1 Å². The fourth-order valence-corrected chi connectivity index (χ4v) is 3.54. The molecule has 0 N–H and O–H groups in total. The largest absolute Gasteiger partial charge is 0.232 e. The molecular weight excluding hydrogens is 328 g/mol. The van der Waals surface area contributed by atoms with E-state index in [-0.39, 0.29) is 0 Å². The summed E-state index contributed by atoms with van der Waals surface area (Å²) in [4.78, 5) is 0. The summed E-state index contributed by atoms with van der Waals surface area (Å²) in [6.45, 7) is 0. The van der Waals surface area contributed by atoms with E-state index in [0.717, 1.165) is 22.6 Å². The van der Waals surface area contributed by atoms with Gasteiger partial charge in [0.15, 0.2) is 0 Å². The number of hydrogen-bond donors (Lipinski definition) is 0. The highest BCUT2D eigenvalue weighted by Gasteiger charge is 2.14. The third-order valence-corrected chi connectivity index (χ3v) is 4.85. The number of fused-ring (bicyclic) bond motifs is 1. The fourth-order valence-electron chi connectivity index (χ4n) is 3.54. The fraction of sp³-hybridized carbons (Fsp3) is 0. The van der Waals surface area contributed by atoms with E-state index in [9.17, 15) is 0 Å². The topological polar surface area (TPSA) is 17.8 Å². The van der Waals surface area contributed by atoms with Gasteiger partial charge in [0.1, 0.15) is 0 Å². The minimum atomic E-state index is 0.974. The Labute approximate surface area is 158 Å². The van der Waals surface area contributed by atoms with E-state index in [0.29, 0.717) is 0 Å². The lowest BCUT2D eigenvalue weighted by Gasteiger charge is -2.10. The smallest absolute Gasteiger partial charge is 0.0934 e. The molecule has 0 saturated carbocycles. The van der Waals surface area contributed by atoms with Crippen LogP contribution in [0, 0.1) is 0 Å². The van der Waals surface area contributed by atoms with Crippen molar-refractivity contribution >= 4 is 10.8 Å². The molecule has 0 aliphatic heterocycles. The zero-order valence-electron chi connectivity index (χ0n) is 14.8. The molecule has 1 heterocycles. The monoisotopic (exact) mass is 346 g/mol. The van der Waals surface area contributed by atoms with Crippen LogP contribution in [0.3, 0.4) is 0 Å². The number of rotatable bonds is 3. The maximum Gasteiger partial charge on any atom is 0.0934 e. The van der Waals surface area contributed by atoms with E-state index in [4.69, 9.17) is 5.10 Å². The lowest BCUT2D eigenvalue weighted by molar-refractivity contribution is 0.892. The molecule has 128 valence electrons. The van der Waals surface area contributed by atoms with Gasteiger partial charge in [-0.15, -0.1) is 0 Å². The van der Waals surface area contributed by atoms with Crippen molar-refractivity contribution in [3.63, 3.8) is 0 Å². The van der Waals surface area contributed by atoms with Gasteiger partial charge in [0.05, 0.1) is 17.1 Å². The normalized spacial score (nSPS) is 11.0. The van der Waals surface area contributed by atoms with Crippen LogP contribution in [0.5, 0.6) is 0 Å². The Morgan fingerprint density at radius 1 is 0.593 bits per heavy atom. The molecular formula is C25H18N2. The molecule has 0 amide bonds. The van der Waals surface area contributed by atoms with Gasteiger partial charge in [0.2, 0.25) is 0 Å². The van der Waals surface area contributed by atoms with E-state index in [1.54, 1.807) is 0 Å². The second-order valence-corrected chi connectivity index (χ2v) is 6.55. The predicted octanol–water partition coefficient (Wildman–Crippen LogP) is 6.36. The van der Waals surface area contributed by atoms with Crippen molar-refractivity contribution in [3.8, 4) is 28.2 Å². The summed E-state index contributed by atoms with van der Waals surface area (Å²) in [6.07, 6.45) is 0. The van der Waals surface area contributed by atoms with Crippen LogP contribution in [0.25, 0.3) is 39.0 Å². The first-order valence-electron chi connectivity index (χ1n) is 9.09. The molecule has 0 aliphatic carbocycles. The van der Waals surface area contributed by atoms with Crippen LogP contribution in [-0.4, -0.2) is 9.78 Å². The zero-order valence-corrected chi connectivity index (χ0v) is 14.8. The Morgan fingerprint density at radius 2 is 1.26 bits per heavy atom. The van der Waals surface area contributed by atoms with Gasteiger partial charge in [-0.2, -0.15) is 5.10 Å². The SMILES string of the molecule is c1ccc(-c2cc(-c3cccc4ccccc34)n(-c3ccccc3)n2)cc1. The Hall–Kier alpha value is -3.65. The summed E-state index contributed by atoms with van der Waals surface area (Å²) in [5.74, 6) is 0. The van der Waals surface area contributed by atoms with Crippen molar-refractivity contribution in [1.82, 2.24) is 9.78 Å². The second-order valence-electron chi connectivity index (χ2n) is 6.55. The van der Waals surface area contributed by atoms with Crippen LogP contribution in [0.4, 0.5) is 0 Å². The van der Waals surface area contributed by atoms with Crippen molar-refractivity contribution in [2.75, 3.05) is 0 Å². The molecule has 0 spiro atoms. The third kappa shape index (κ3) is 2.81. The summed E-state index contributed by atoms with van der Waals surface area (Å²) < 4.78 is 2.05. The number of benzene rings is 4. The van der Waals surface area contributed by atoms with Crippen LogP contribution < -0.4 is 0 Å². The van der Waals surface area contributed by atoms with E-state index in [1.165, 1.54) is 16.3 Å². The summed E-state index contributed by atoms with van der Waals surface area (Å²) in [5, 5.41) is 7.42. The standard InChI is InChI=1S/C25H18N2/c1-3-11-20(12-4-1)24-18-25(27(26-24)21-14-5-2-6-15-21)23-17-9-13-19-10-7-8-16-22(19)23/h1-18H. The van der Waals surface area contributed by atoms with Crippen molar-refractivity contribution < 1.29 is 0 Å². The quantitative estimate of drug-likeness (QED) is 0.372. The van der Waals surface area contributed by atoms with E-state index in [1.807, 2.05) is 28.9 Å². The average molecular weight is 346 g/mol.